The monoisotopic (exact) mass is 262 g/mol. The van der Waals surface area contributed by atoms with E-state index in [-0.39, 0.29) is 5.69 Å². The fourth-order valence-electron chi connectivity index (χ4n) is 1.67. The zero-order valence-corrected chi connectivity index (χ0v) is 10.4. The van der Waals surface area contributed by atoms with E-state index in [0.29, 0.717) is 25.4 Å². The number of halogens is 3. The summed E-state index contributed by atoms with van der Waals surface area (Å²) in [6.45, 7) is 3.64. The topological polar surface area (TPSA) is 38.5 Å². The molecule has 0 amide bonds. The van der Waals surface area contributed by atoms with Gasteiger partial charge in [-0.25, -0.2) is 0 Å². The summed E-state index contributed by atoms with van der Waals surface area (Å²) < 4.78 is 42.4. The molecule has 0 atom stereocenters. The predicted octanol–water partition coefficient (Wildman–Crippen LogP) is 2.76. The lowest BCUT2D eigenvalue weighted by atomic mass is 10.1. The van der Waals surface area contributed by atoms with Crippen LogP contribution in [-0.2, 0) is 10.9 Å². The molecule has 0 radical (unpaired) electrons. The van der Waals surface area contributed by atoms with Crippen molar-refractivity contribution < 1.29 is 17.9 Å². The van der Waals surface area contributed by atoms with Gasteiger partial charge in [0.15, 0.2) is 0 Å². The molecule has 1 rings (SSSR count). The van der Waals surface area contributed by atoms with Gasteiger partial charge in [-0.15, -0.1) is 0 Å². The average Bonchev–Trinajstić information content (AvgIpc) is 2.30. The quantitative estimate of drug-likeness (QED) is 0.829. The summed E-state index contributed by atoms with van der Waals surface area (Å²) in [5, 5.41) is 0. The van der Waals surface area contributed by atoms with Crippen molar-refractivity contribution >= 4 is 11.4 Å². The van der Waals surface area contributed by atoms with Gasteiger partial charge in [-0.1, -0.05) is 0 Å². The standard InChI is InChI=1S/C12H17F3N2O/c1-3-17(6-7-18-2)11-5-4-9(8-10(11)16)12(13,14)15/h4-5,8H,3,6-7,16H2,1-2H3. The van der Waals surface area contributed by atoms with Gasteiger partial charge >= 0.3 is 6.18 Å². The second kappa shape index (κ2) is 5.95. The first-order chi connectivity index (χ1) is 8.40. The zero-order valence-electron chi connectivity index (χ0n) is 10.4. The van der Waals surface area contributed by atoms with Crippen molar-refractivity contribution in [3.8, 4) is 0 Å². The minimum atomic E-state index is -4.36. The van der Waals surface area contributed by atoms with Crippen molar-refractivity contribution in [1.29, 1.82) is 0 Å². The molecule has 0 bridgehead atoms. The Hall–Kier alpha value is -1.43. The van der Waals surface area contributed by atoms with E-state index in [1.807, 2.05) is 11.8 Å². The normalized spacial score (nSPS) is 11.6. The maximum absolute atomic E-state index is 12.5. The minimum absolute atomic E-state index is 0.128. The van der Waals surface area contributed by atoms with E-state index < -0.39 is 11.7 Å². The number of benzene rings is 1. The molecule has 0 saturated carbocycles. The number of alkyl halides is 3. The number of hydrogen-bond donors (Lipinski definition) is 1. The fraction of sp³-hybridized carbons (Fsp3) is 0.500. The van der Waals surface area contributed by atoms with Crippen LogP contribution in [0.25, 0.3) is 0 Å². The highest BCUT2D eigenvalue weighted by molar-refractivity contribution is 5.68. The van der Waals surface area contributed by atoms with Crippen LogP contribution in [0.2, 0.25) is 0 Å². The Morgan fingerprint density at radius 3 is 2.44 bits per heavy atom. The first-order valence-electron chi connectivity index (χ1n) is 5.60. The summed E-state index contributed by atoms with van der Waals surface area (Å²) in [4.78, 5) is 1.87. The van der Waals surface area contributed by atoms with Crippen LogP contribution >= 0.6 is 0 Å². The Morgan fingerprint density at radius 1 is 1.33 bits per heavy atom. The second-order valence-electron chi connectivity index (χ2n) is 3.84. The maximum atomic E-state index is 12.5. The SMILES string of the molecule is CCN(CCOC)c1ccc(C(F)(F)F)cc1N. The molecule has 0 fully saturated rings. The molecule has 0 spiro atoms. The van der Waals surface area contributed by atoms with E-state index in [0.717, 1.165) is 12.1 Å². The Morgan fingerprint density at radius 2 is 2.00 bits per heavy atom. The molecule has 0 aliphatic heterocycles. The maximum Gasteiger partial charge on any atom is 0.416 e. The highest BCUT2D eigenvalue weighted by Crippen LogP contribution is 2.33. The van der Waals surface area contributed by atoms with Crippen LogP contribution in [-0.4, -0.2) is 26.8 Å². The number of nitrogen functional groups attached to an aromatic ring is 1. The van der Waals surface area contributed by atoms with E-state index in [2.05, 4.69) is 0 Å². The Balaban J connectivity index is 2.96. The van der Waals surface area contributed by atoms with Gasteiger partial charge < -0.3 is 15.4 Å². The van der Waals surface area contributed by atoms with Crippen LogP contribution in [0.5, 0.6) is 0 Å². The summed E-state index contributed by atoms with van der Waals surface area (Å²) in [5.74, 6) is 0. The lowest BCUT2D eigenvalue weighted by Gasteiger charge is -2.24. The van der Waals surface area contributed by atoms with Crippen LogP contribution in [0.4, 0.5) is 24.5 Å². The van der Waals surface area contributed by atoms with Gasteiger partial charge in [-0.3, -0.25) is 0 Å². The molecule has 0 saturated heterocycles. The largest absolute Gasteiger partial charge is 0.416 e. The van der Waals surface area contributed by atoms with Crippen molar-refractivity contribution in [2.24, 2.45) is 0 Å². The Bertz CT molecular complexity index is 393. The third-order valence-electron chi connectivity index (χ3n) is 2.64. The lowest BCUT2D eigenvalue weighted by Crippen LogP contribution is -2.27. The van der Waals surface area contributed by atoms with E-state index >= 15 is 0 Å². The highest BCUT2D eigenvalue weighted by Gasteiger charge is 2.31. The van der Waals surface area contributed by atoms with Crippen LogP contribution in [0.3, 0.4) is 0 Å². The third-order valence-corrected chi connectivity index (χ3v) is 2.64. The summed E-state index contributed by atoms with van der Waals surface area (Å²) in [7, 11) is 1.57. The fourth-order valence-corrected chi connectivity index (χ4v) is 1.67. The Kier molecular flexibility index (Phi) is 4.84. The number of ether oxygens (including phenoxy) is 1. The average molecular weight is 262 g/mol. The number of nitrogens with two attached hydrogens (primary N) is 1. The van der Waals surface area contributed by atoms with E-state index in [1.165, 1.54) is 6.07 Å². The number of likely N-dealkylation sites (N-methyl/N-ethyl adjacent to an activating group) is 1. The van der Waals surface area contributed by atoms with Gasteiger partial charge in [0.25, 0.3) is 0 Å². The molecule has 0 aliphatic carbocycles. The van der Waals surface area contributed by atoms with Gasteiger partial charge in [-0.05, 0) is 25.1 Å². The van der Waals surface area contributed by atoms with Crippen LogP contribution in [0, 0.1) is 0 Å². The summed E-state index contributed by atoms with van der Waals surface area (Å²) >= 11 is 0. The van der Waals surface area contributed by atoms with E-state index in [9.17, 15) is 13.2 Å². The van der Waals surface area contributed by atoms with Crippen molar-refractivity contribution in [1.82, 2.24) is 0 Å². The highest BCUT2D eigenvalue weighted by atomic mass is 19.4. The minimum Gasteiger partial charge on any atom is -0.397 e. The summed E-state index contributed by atoms with van der Waals surface area (Å²) in [5.41, 5.74) is 5.68. The molecule has 0 aliphatic rings. The summed E-state index contributed by atoms with van der Waals surface area (Å²) in [6, 6.07) is 3.41. The summed E-state index contributed by atoms with van der Waals surface area (Å²) in [6.07, 6.45) is -4.36. The van der Waals surface area contributed by atoms with Crippen molar-refractivity contribution in [3.05, 3.63) is 23.8 Å². The molecule has 2 N–H and O–H groups in total. The molecule has 0 aromatic heterocycles. The smallest absolute Gasteiger partial charge is 0.397 e. The molecular weight excluding hydrogens is 245 g/mol. The van der Waals surface area contributed by atoms with Crippen LogP contribution in [0.15, 0.2) is 18.2 Å². The van der Waals surface area contributed by atoms with Crippen molar-refractivity contribution in [2.75, 3.05) is 37.4 Å². The van der Waals surface area contributed by atoms with Crippen molar-refractivity contribution in [2.45, 2.75) is 13.1 Å². The molecular formula is C12H17F3N2O. The molecule has 18 heavy (non-hydrogen) atoms. The van der Waals surface area contributed by atoms with Crippen LogP contribution in [0.1, 0.15) is 12.5 Å². The van der Waals surface area contributed by atoms with Crippen molar-refractivity contribution in [3.63, 3.8) is 0 Å². The predicted molar refractivity (Wildman–Crippen MR) is 65.6 cm³/mol. The van der Waals surface area contributed by atoms with E-state index in [4.69, 9.17) is 10.5 Å². The number of nitrogens with zero attached hydrogens (tertiary/aromatic N) is 1. The number of anilines is 2. The molecule has 0 unspecified atom stereocenters. The first kappa shape index (κ1) is 14.6. The third kappa shape index (κ3) is 3.53. The molecule has 1 aromatic rings. The lowest BCUT2D eigenvalue weighted by molar-refractivity contribution is -0.137. The van der Waals surface area contributed by atoms with Gasteiger partial charge in [0.05, 0.1) is 23.5 Å². The molecule has 1 aromatic carbocycles. The molecule has 6 heteroatoms. The van der Waals surface area contributed by atoms with E-state index in [1.54, 1.807) is 7.11 Å². The second-order valence-corrected chi connectivity index (χ2v) is 3.84. The first-order valence-corrected chi connectivity index (χ1v) is 5.60. The molecule has 0 heterocycles. The van der Waals surface area contributed by atoms with Gasteiger partial charge in [0, 0.05) is 20.2 Å². The van der Waals surface area contributed by atoms with Gasteiger partial charge in [-0.2, -0.15) is 13.2 Å². The Labute approximate surface area is 104 Å². The number of hydrogen-bond acceptors (Lipinski definition) is 3. The zero-order chi connectivity index (χ0) is 13.8. The number of rotatable bonds is 5. The van der Waals surface area contributed by atoms with Gasteiger partial charge in [0.1, 0.15) is 0 Å². The molecule has 3 nitrogen and oxygen atoms in total. The van der Waals surface area contributed by atoms with Crippen LogP contribution < -0.4 is 10.6 Å². The van der Waals surface area contributed by atoms with Gasteiger partial charge in [0.2, 0.25) is 0 Å². The molecule has 102 valence electrons. The number of methoxy groups -OCH3 is 1.